The van der Waals surface area contributed by atoms with E-state index in [4.69, 9.17) is 5.73 Å². The Morgan fingerprint density at radius 2 is 1.94 bits per heavy atom. The third-order valence-corrected chi connectivity index (χ3v) is 6.83. The molecule has 33 heavy (non-hydrogen) atoms. The third kappa shape index (κ3) is 5.79. The highest BCUT2D eigenvalue weighted by Crippen LogP contribution is 2.24. The summed E-state index contributed by atoms with van der Waals surface area (Å²) in [5, 5.41) is 5.94. The summed E-state index contributed by atoms with van der Waals surface area (Å²) in [6.45, 7) is 5.75. The highest BCUT2D eigenvalue weighted by atomic mass is 16.2. The third-order valence-electron chi connectivity index (χ3n) is 6.83. The number of nitrogens with zero attached hydrogens (tertiary/aromatic N) is 4. The van der Waals surface area contributed by atoms with Crippen molar-refractivity contribution in [2.24, 2.45) is 5.73 Å². The maximum Gasteiger partial charge on any atom is 0.354 e. The molecule has 0 spiro atoms. The van der Waals surface area contributed by atoms with Crippen LogP contribution in [0.25, 0.3) is 5.69 Å². The van der Waals surface area contributed by atoms with E-state index in [9.17, 15) is 9.59 Å². The summed E-state index contributed by atoms with van der Waals surface area (Å²) in [5.74, 6) is 0.266. The summed E-state index contributed by atoms with van der Waals surface area (Å²) in [6.07, 6.45) is 6.14. The number of benzene rings is 1. The Kier molecular flexibility index (Phi) is 7.42. The first-order chi connectivity index (χ1) is 15.9. The van der Waals surface area contributed by atoms with Crippen LogP contribution in [0.2, 0.25) is 0 Å². The molecule has 1 aliphatic carbocycles. The lowest BCUT2D eigenvalue weighted by Crippen LogP contribution is -2.48. The SMILES string of the molecule is Cc1cc(-n2ccc(NC(=O)N3CCNCC3)nc2=O)ccc1CN(C)C1CCC(N)CC1. The van der Waals surface area contributed by atoms with Gasteiger partial charge in [0, 0.05) is 51.0 Å². The Labute approximate surface area is 195 Å². The van der Waals surface area contributed by atoms with Crippen LogP contribution in [-0.2, 0) is 6.54 Å². The van der Waals surface area contributed by atoms with Gasteiger partial charge in [-0.2, -0.15) is 4.98 Å². The Balaban J connectivity index is 1.41. The summed E-state index contributed by atoms with van der Waals surface area (Å²) in [5.41, 5.74) is 8.77. The molecule has 2 aromatic rings. The van der Waals surface area contributed by atoms with Crippen molar-refractivity contribution in [3.63, 3.8) is 0 Å². The van der Waals surface area contributed by atoms with E-state index < -0.39 is 5.69 Å². The zero-order valence-corrected chi connectivity index (χ0v) is 19.6. The fraction of sp³-hybridized carbons (Fsp3) is 0.542. The summed E-state index contributed by atoms with van der Waals surface area (Å²) in [7, 11) is 2.18. The largest absolute Gasteiger partial charge is 0.354 e. The van der Waals surface area contributed by atoms with Gasteiger partial charge in [-0.25, -0.2) is 9.59 Å². The van der Waals surface area contributed by atoms with E-state index in [1.54, 1.807) is 17.2 Å². The lowest BCUT2D eigenvalue weighted by molar-refractivity contribution is 0.176. The van der Waals surface area contributed by atoms with Crippen LogP contribution in [-0.4, -0.2) is 70.7 Å². The second kappa shape index (κ2) is 10.5. The number of nitrogens with one attached hydrogen (secondary N) is 2. The number of aromatic nitrogens is 2. The Hall–Kier alpha value is -2.75. The molecule has 2 amide bonds. The van der Waals surface area contributed by atoms with Crippen LogP contribution in [0.3, 0.4) is 0 Å². The van der Waals surface area contributed by atoms with Crippen LogP contribution in [0, 0.1) is 6.92 Å². The Bertz CT molecular complexity index is 1020. The lowest BCUT2D eigenvalue weighted by Gasteiger charge is -2.33. The Morgan fingerprint density at radius 3 is 2.61 bits per heavy atom. The number of hydrogen-bond acceptors (Lipinski definition) is 6. The second-order valence-electron chi connectivity index (χ2n) is 9.23. The molecule has 4 rings (SSSR count). The van der Waals surface area contributed by atoms with Gasteiger partial charge in [-0.3, -0.25) is 14.8 Å². The van der Waals surface area contributed by atoms with Gasteiger partial charge in [0.25, 0.3) is 0 Å². The van der Waals surface area contributed by atoms with Gasteiger partial charge in [-0.05, 0) is 69.0 Å². The van der Waals surface area contributed by atoms with Gasteiger partial charge in [0.05, 0.1) is 5.69 Å². The molecule has 0 atom stereocenters. The minimum atomic E-state index is -0.420. The number of carbonyl (C=O) groups excluding carboxylic acids is 1. The topological polar surface area (TPSA) is 109 Å². The van der Waals surface area contributed by atoms with Gasteiger partial charge in [-0.1, -0.05) is 6.07 Å². The van der Waals surface area contributed by atoms with Crippen LogP contribution < -0.4 is 22.1 Å². The van der Waals surface area contributed by atoms with Gasteiger partial charge in [-0.15, -0.1) is 0 Å². The second-order valence-corrected chi connectivity index (χ2v) is 9.23. The molecule has 1 aromatic heterocycles. The van der Waals surface area contributed by atoms with Gasteiger partial charge >= 0.3 is 11.7 Å². The van der Waals surface area contributed by atoms with E-state index in [-0.39, 0.29) is 11.8 Å². The standard InChI is InChI=1S/C24H35N7O2/c1-17-15-21(6-3-18(17)16-29(2)20-7-4-19(25)5-8-20)31-12-9-22(28-24(31)33)27-23(32)30-13-10-26-11-14-30/h3,6,9,12,15,19-20,26H,4-5,7-8,10-11,13-14,16,25H2,1-2H3,(H,27,28,32,33). The summed E-state index contributed by atoms with van der Waals surface area (Å²) in [4.78, 5) is 33.2. The van der Waals surface area contributed by atoms with Crippen molar-refractivity contribution in [2.75, 3.05) is 38.5 Å². The minimum Gasteiger partial charge on any atom is -0.328 e. The van der Waals surface area contributed by atoms with Crippen molar-refractivity contribution in [1.82, 2.24) is 24.7 Å². The van der Waals surface area contributed by atoms with E-state index in [2.05, 4.69) is 40.6 Å². The quantitative estimate of drug-likeness (QED) is 0.636. The maximum absolute atomic E-state index is 12.7. The monoisotopic (exact) mass is 453 g/mol. The van der Waals surface area contributed by atoms with Gasteiger partial charge in [0.1, 0.15) is 5.82 Å². The number of carbonyl (C=O) groups is 1. The summed E-state index contributed by atoms with van der Waals surface area (Å²) < 4.78 is 1.50. The van der Waals surface area contributed by atoms with Crippen molar-refractivity contribution < 1.29 is 4.79 Å². The predicted octanol–water partition coefficient (Wildman–Crippen LogP) is 1.68. The molecular weight excluding hydrogens is 418 g/mol. The fourth-order valence-electron chi connectivity index (χ4n) is 4.67. The van der Waals surface area contributed by atoms with Crippen LogP contribution in [0.5, 0.6) is 0 Å². The molecule has 0 bridgehead atoms. The van der Waals surface area contributed by atoms with E-state index in [1.165, 1.54) is 10.1 Å². The highest BCUT2D eigenvalue weighted by molar-refractivity contribution is 5.88. The molecule has 2 fully saturated rings. The van der Waals surface area contributed by atoms with Crippen LogP contribution in [0.1, 0.15) is 36.8 Å². The van der Waals surface area contributed by atoms with Crippen molar-refractivity contribution in [3.05, 3.63) is 52.1 Å². The average Bonchev–Trinajstić information content (AvgIpc) is 2.81. The lowest BCUT2D eigenvalue weighted by atomic mass is 9.90. The van der Waals surface area contributed by atoms with Crippen molar-refractivity contribution >= 4 is 11.8 Å². The maximum atomic E-state index is 12.7. The first-order valence-electron chi connectivity index (χ1n) is 11.8. The van der Waals surface area contributed by atoms with Crippen molar-refractivity contribution in [3.8, 4) is 5.69 Å². The molecule has 1 saturated heterocycles. The van der Waals surface area contributed by atoms with E-state index >= 15 is 0 Å². The van der Waals surface area contributed by atoms with Gasteiger partial charge in [0.2, 0.25) is 0 Å². The predicted molar refractivity (Wildman–Crippen MR) is 130 cm³/mol. The average molecular weight is 454 g/mol. The number of urea groups is 1. The molecule has 1 aromatic carbocycles. The molecule has 1 aliphatic heterocycles. The molecule has 178 valence electrons. The van der Waals surface area contributed by atoms with E-state index in [0.717, 1.165) is 56.6 Å². The van der Waals surface area contributed by atoms with Crippen LogP contribution in [0.15, 0.2) is 35.3 Å². The zero-order valence-electron chi connectivity index (χ0n) is 19.6. The number of rotatable bonds is 5. The molecule has 2 heterocycles. The first-order valence-corrected chi connectivity index (χ1v) is 11.8. The first kappa shape index (κ1) is 23.4. The molecule has 4 N–H and O–H groups in total. The smallest absolute Gasteiger partial charge is 0.328 e. The number of aryl methyl sites for hydroxylation is 1. The van der Waals surface area contributed by atoms with Crippen LogP contribution >= 0.6 is 0 Å². The summed E-state index contributed by atoms with van der Waals surface area (Å²) >= 11 is 0. The normalized spacial score (nSPS) is 21.3. The molecule has 1 saturated carbocycles. The fourth-order valence-corrected chi connectivity index (χ4v) is 4.67. The van der Waals surface area contributed by atoms with E-state index in [1.807, 2.05) is 12.1 Å². The summed E-state index contributed by atoms with van der Waals surface area (Å²) in [6, 6.07) is 8.40. The molecule has 0 radical (unpaired) electrons. The molecular formula is C24H35N7O2. The molecule has 0 unspecified atom stereocenters. The number of hydrogen-bond donors (Lipinski definition) is 3. The van der Waals surface area contributed by atoms with Crippen LogP contribution in [0.4, 0.5) is 10.6 Å². The van der Waals surface area contributed by atoms with Crippen molar-refractivity contribution in [2.45, 2.75) is 51.2 Å². The van der Waals surface area contributed by atoms with Gasteiger partial charge < -0.3 is 16.0 Å². The molecule has 9 heteroatoms. The zero-order chi connectivity index (χ0) is 23.4. The number of nitrogens with two attached hydrogens (primary N) is 1. The molecule has 9 nitrogen and oxygen atoms in total. The number of amides is 2. The number of anilines is 1. The molecule has 2 aliphatic rings. The highest BCUT2D eigenvalue weighted by Gasteiger charge is 2.22. The Morgan fingerprint density at radius 1 is 1.21 bits per heavy atom. The van der Waals surface area contributed by atoms with Crippen molar-refractivity contribution in [1.29, 1.82) is 0 Å². The minimum absolute atomic E-state index is 0.231. The number of piperazine rings is 1. The van der Waals surface area contributed by atoms with Gasteiger partial charge in [0.15, 0.2) is 0 Å². The van der Waals surface area contributed by atoms with E-state index in [0.29, 0.717) is 25.2 Å².